The summed E-state index contributed by atoms with van der Waals surface area (Å²) in [5.41, 5.74) is 2.03. The highest BCUT2D eigenvalue weighted by Gasteiger charge is 2.38. The van der Waals surface area contributed by atoms with Crippen molar-refractivity contribution in [3.63, 3.8) is 0 Å². The Morgan fingerprint density at radius 1 is 1.19 bits per heavy atom. The summed E-state index contributed by atoms with van der Waals surface area (Å²) >= 11 is 0. The monoisotopic (exact) mass is 356 g/mol. The van der Waals surface area contributed by atoms with E-state index in [0.29, 0.717) is 11.6 Å². The number of hydrogen-bond donors (Lipinski definition) is 2. The van der Waals surface area contributed by atoms with Gasteiger partial charge in [-0.25, -0.2) is 4.79 Å². The first-order valence-electron chi connectivity index (χ1n) is 8.73. The summed E-state index contributed by atoms with van der Waals surface area (Å²) < 4.78 is 1.72. The van der Waals surface area contributed by atoms with Gasteiger partial charge in [0, 0.05) is 0 Å². The van der Waals surface area contributed by atoms with Crippen molar-refractivity contribution < 1.29 is 19.8 Å². The Morgan fingerprint density at radius 3 is 2.73 bits per heavy atom. The number of carbonyl (C=O) groups is 2. The van der Waals surface area contributed by atoms with Crippen LogP contribution in [0.25, 0.3) is 0 Å². The number of rotatable bonds is 2. The molecule has 1 unspecified atom stereocenters. The first-order valence-corrected chi connectivity index (χ1v) is 8.73. The van der Waals surface area contributed by atoms with Crippen LogP contribution in [0.4, 0.5) is 0 Å². The van der Waals surface area contributed by atoms with Crippen LogP contribution in [0.3, 0.4) is 0 Å². The third-order valence-electron chi connectivity index (χ3n) is 5.33. The van der Waals surface area contributed by atoms with Crippen LogP contribution < -0.4 is 0 Å². The highest BCUT2D eigenvalue weighted by atomic mass is 16.4. The van der Waals surface area contributed by atoms with Gasteiger partial charge in [0.25, 0.3) is 5.91 Å². The maximum absolute atomic E-state index is 13.1. The molecule has 0 spiro atoms. The number of aryl methyl sites for hydroxylation is 2. The van der Waals surface area contributed by atoms with Crippen LogP contribution >= 0.6 is 0 Å². The van der Waals surface area contributed by atoms with Crippen molar-refractivity contribution in [3.8, 4) is 5.75 Å². The average Bonchev–Trinajstić information content (AvgIpc) is 3.01. The molecule has 2 heterocycles. The van der Waals surface area contributed by atoms with Crippen molar-refractivity contribution in [2.75, 3.05) is 0 Å². The summed E-state index contributed by atoms with van der Waals surface area (Å²) in [6.07, 6.45) is 3.67. The number of benzene rings is 1. The van der Waals surface area contributed by atoms with Gasteiger partial charge >= 0.3 is 5.97 Å². The molecule has 0 radical (unpaired) electrons. The van der Waals surface area contributed by atoms with Gasteiger partial charge < -0.3 is 19.7 Å². The molecule has 1 aliphatic carbocycles. The number of carbonyl (C=O) groups excluding carboxylic acids is 1. The van der Waals surface area contributed by atoms with E-state index in [-0.39, 0.29) is 24.4 Å². The Morgan fingerprint density at radius 2 is 1.96 bits per heavy atom. The second-order valence-corrected chi connectivity index (χ2v) is 6.87. The van der Waals surface area contributed by atoms with Gasteiger partial charge in [-0.1, -0.05) is 6.07 Å². The molecule has 0 fully saturated rings. The average molecular weight is 356 g/mol. The molecule has 0 saturated heterocycles. The minimum Gasteiger partial charge on any atom is -0.507 e. The first-order chi connectivity index (χ1) is 12.5. The number of hydrogen-bond acceptors (Lipinski definition) is 5. The smallest absolute Gasteiger partial charge is 0.328 e. The molecule has 1 aromatic heterocycles. The summed E-state index contributed by atoms with van der Waals surface area (Å²) in [5.74, 6) is -0.426. The second-order valence-electron chi connectivity index (χ2n) is 6.87. The van der Waals surface area contributed by atoms with E-state index in [1.165, 1.54) is 4.90 Å². The lowest BCUT2D eigenvalue weighted by Gasteiger charge is -2.34. The van der Waals surface area contributed by atoms with Crippen LogP contribution in [-0.2, 0) is 30.7 Å². The topological polar surface area (TPSA) is 109 Å². The minimum absolute atomic E-state index is 0.0143. The van der Waals surface area contributed by atoms with Gasteiger partial charge in [-0.15, -0.1) is 10.2 Å². The first kappa shape index (κ1) is 16.6. The predicted molar refractivity (Wildman–Crippen MR) is 90.8 cm³/mol. The fourth-order valence-corrected chi connectivity index (χ4v) is 3.87. The molecular weight excluding hydrogens is 336 g/mol. The summed E-state index contributed by atoms with van der Waals surface area (Å²) in [6, 6.07) is 2.44. The van der Waals surface area contributed by atoms with Gasteiger partial charge in [-0.3, -0.25) is 4.79 Å². The van der Waals surface area contributed by atoms with Gasteiger partial charge in [0.1, 0.15) is 17.6 Å². The van der Waals surface area contributed by atoms with Gasteiger partial charge in [0.15, 0.2) is 5.82 Å². The zero-order valence-corrected chi connectivity index (χ0v) is 14.5. The van der Waals surface area contributed by atoms with Crippen molar-refractivity contribution >= 4 is 11.9 Å². The zero-order valence-electron chi connectivity index (χ0n) is 14.5. The van der Waals surface area contributed by atoms with Crippen LogP contribution in [0.2, 0.25) is 0 Å². The fraction of sp³-hybridized carbons (Fsp3) is 0.444. The molecule has 2 aliphatic rings. The number of phenols is 1. The fourth-order valence-electron chi connectivity index (χ4n) is 3.87. The lowest BCUT2D eigenvalue weighted by Crippen LogP contribution is -2.50. The molecule has 1 aromatic carbocycles. The summed E-state index contributed by atoms with van der Waals surface area (Å²) in [4.78, 5) is 26.1. The van der Waals surface area contributed by atoms with Crippen LogP contribution in [0.1, 0.15) is 46.0 Å². The van der Waals surface area contributed by atoms with Gasteiger partial charge in [0.2, 0.25) is 0 Å². The molecule has 1 amide bonds. The number of fused-ring (bicyclic) bond motifs is 2. The Balaban J connectivity index is 1.72. The van der Waals surface area contributed by atoms with Crippen molar-refractivity contribution in [2.24, 2.45) is 0 Å². The Labute approximate surface area is 150 Å². The number of aliphatic carboxylic acids is 1. The molecule has 0 saturated carbocycles. The summed E-state index contributed by atoms with van der Waals surface area (Å²) in [5, 5.41) is 28.2. The molecule has 2 aromatic rings. The summed E-state index contributed by atoms with van der Waals surface area (Å²) in [6.45, 7) is 1.90. The normalized spacial score (nSPS) is 19.0. The lowest BCUT2D eigenvalue weighted by atomic mass is 9.89. The molecule has 26 heavy (non-hydrogen) atoms. The van der Waals surface area contributed by atoms with E-state index in [1.54, 1.807) is 17.6 Å². The van der Waals surface area contributed by atoms with Crippen LogP contribution in [0.5, 0.6) is 5.75 Å². The van der Waals surface area contributed by atoms with Gasteiger partial charge in [-0.05, 0) is 49.8 Å². The second kappa shape index (κ2) is 6.12. The molecule has 0 bridgehead atoms. The largest absolute Gasteiger partial charge is 0.507 e. The summed E-state index contributed by atoms with van der Waals surface area (Å²) in [7, 11) is 0. The van der Waals surface area contributed by atoms with Crippen molar-refractivity contribution in [2.45, 2.75) is 51.7 Å². The standard InChI is InChI=1S/C18H20N4O4/c1-10-19-20-15-9-22(14(18(25)26)8-21(10)15)17(24)13-7-6-11-4-2-3-5-12(11)16(13)23/h6-7,14,23H,2-5,8-9H2,1H3,(H,25,26). The third kappa shape index (κ3) is 2.53. The van der Waals surface area contributed by atoms with Crippen molar-refractivity contribution in [3.05, 3.63) is 40.5 Å². The number of carboxylic acids is 1. The Kier molecular flexibility index (Phi) is 3.90. The van der Waals surface area contributed by atoms with E-state index in [2.05, 4.69) is 10.2 Å². The molecule has 1 aliphatic heterocycles. The zero-order chi connectivity index (χ0) is 18.4. The van der Waals surface area contributed by atoms with Crippen molar-refractivity contribution in [1.82, 2.24) is 19.7 Å². The van der Waals surface area contributed by atoms with E-state index >= 15 is 0 Å². The third-order valence-corrected chi connectivity index (χ3v) is 5.33. The number of phenolic OH excluding ortho intramolecular Hbond substituents is 1. The van der Waals surface area contributed by atoms with Crippen molar-refractivity contribution in [1.29, 1.82) is 0 Å². The number of nitrogens with zero attached hydrogens (tertiary/aromatic N) is 4. The van der Waals surface area contributed by atoms with E-state index in [0.717, 1.165) is 36.8 Å². The molecule has 4 rings (SSSR count). The minimum atomic E-state index is -1.09. The molecular formula is C18H20N4O4. The number of amides is 1. The number of aromatic hydroxyl groups is 1. The molecule has 8 nitrogen and oxygen atoms in total. The number of aromatic nitrogens is 3. The molecule has 8 heteroatoms. The maximum atomic E-state index is 13.1. The van der Waals surface area contributed by atoms with Gasteiger partial charge in [0.05, 0.1) is 18.7 Å². The molecule has 2 N–H and O–H groups in total. The van der Waals surface area contributed by atoms with Crippen LogP contribution in [0.15, 0.2) is 12.1 Å². The SMILES string of the molecule is Cc1nnc2n1CC(C(=O)O)N(C(=O)c1ccc3c(c1O)CCCC3)C2. The molecule has 136 valence electrons. The quantitative estimate of drug-likeness (QED) is 0.839. The lowest BCUT2D eigenvalue weighted by molar-refractivity contribution is -0.143. The Hall–Kier alpha value is -2.90. The predicted octanol–water partition coefficient (Wildman–Crippen LogP) is 1.28. The van der Waals surface area contributed by atoms with Crippen LogP contribution in [-0.4, -0.2) is 47.8 Å². The van der Waals surface area contributed by atoms with Gasteiger partial charge in [-0.2, -0.15) is 0 Å². The number of carboxylic acid groups (broad SMARTS) is 1. The highest BCUT2D eigenvalue weighted by Crippen LogP contribution is 2.33. The maximum Gasteiger partial charge on any atom is 0.328 e. The Bertz CT molecular complexity index is 905. The van der Waals surface area contributed by atoms with Crippen LogP contribution in [0, 0.1) is 6.92 Å². The molecule has 1 atom stereocenters. The highest BCUT2D eigenvalue weighted by molar-refractivity contribution is 5.99. The van der Waals surface area contributed by atoms with E-state index < -0.39 is 17.9 Å². The van der Waals surface area contributed by atoms with E-state index in [9.17, 15) is 19.8 Å². The van der Waals surface area contributed by atoms with E-state index in [1.807, 2.05) is 6.07 Å². The van der Waals surface area contributed by atoms with E-state index in [4.69, 9.17) is 0 Å².